The van der Waals surface area contributed by atoms with Crippen molar-refractivity contribution in [2.24, 2.45) is 0 Å². The van der Waals surface area contributed by atoms with E-state index in [-0.39, 0.29) is 11.5 Å². The first-order valence-corrected chi connectivity index (χ1v) is 7.97. The molecule has 2 aromatic carbocycles. The molecule has 1 aliphatic heterocycles. The minimum absolute atomic E-state index is 0.155. The third-order valence-electron chi connectivity index (χ3n) is 3.42. The average Bonchev–Trinajstić information content (AvgIpc) is 3.05. The number of hydrogen-bond donors (Lipinski definition) is 0. The molecule has 0 amide bonds. The smallest absolute Gasteiger partial charge is 0.379 e. The number of ether oxygens (including phenoxy) is 3. The highest BCUT2D eigenvalue weighted by atomic mass is 16.6. The second-order valence-electron chi connectivity index (χ2n) is 5.32. The predicted octanol–water partition coefficient (Wildman–Crippen LogP) is 3.54. The summed E-state index contributed by atoms with van der Waals surface area (Å²) >= 11 is 0. The minimum Gasteiger partial charge on any atom is -0.431 e. The zero-order chi connectivity index (χ0) is 19.1. The molecule has 0 N–H and O–H groups in total. The Kier molecular flexibility index (Phi) is 5.59. The summed E-state index contributed by atoms with van der Waals surface area (Å²) in [5.41, 5.74) is 0.730. The van der Waals surface area contributed by atoms with Crippen LogP contribution in [0.2, 0.25) is 0 Å². The van der Waals surface area contributed by atoms with Crippen LogP contribution in [-0.4, -0.2) is 17.9 Å². The summed E-state index contributed by atoms with van der Waals surface area (Å²) in [5.74, 6) is -2.01. The maximum absolute atomic E-state index is 12.0. The quantitative estimate of drug-likeness (QED) is 0.460. The van der Waals surface area contributed by atoms with Crippen LogP contribution in [-0.2, 0) is 19.0 Å². The van der Waals surface area contributed by atoms with Crippen molar-refractivity contribution in [3.8, 4) is 0 Å². The van der Waals surface area contributed by atoms with E-state index in [0.29, 0.717) is 11.1 Å². The zero-order valence-corrected chi connectivity index (χ0v) is 14.0. The molecule has 0 atom stereocenters. The van der Waals surface area contributed by atoms with Gasteiger partial charge < -0.3 is 14.2 Å². The van der Waals surface area contributed by atoms with E-state index in [0.717, 1.165) is 6.26 Å². The lowest BCUT2D eigenvalue weighted by atomic mass is 10.2. The van der Waals surface area contributed by atoms with Crippen molar-refractivity contribution in [3.63, 3.8) is 0 Å². The van der Waals surface area contributed by atoms with Crippen molar-refractivity contribution < 1.29 is 28.6 Å². The molecule has 1 heterocycles. The van der Waals surface area contributed by atoms with Gasteiger partial charge in [0.25, 0.3) is 0 Å². The highest BCUT2D eigenvalue weighted by molar-refractivity contribution is 5.97. The third-order valence-corrected chi connectivity index (χ3v) is 3.42. The summed E-state index contributed by atoms with van der Waals surface area (Å²) < 4.78 is 15.0. The van der Waals surface area contributed by atoms with Crippen molar-refractivity contribution in [1.29, 1.82) is 0 Å². The van der Waals surface area contributed by atoms with E-state index in [1.165, 1.54) is 18.2 Å². The highest BCUT2D eigenvalue weighted by Crippen LogP contribution is 2.19. The predicted molar refractivity (Wildman–Crippen MR) is 95.1 cm³/mol. The van der Waals surface area contributed by atoms with Crippen molar-refractivity contribution in [2.45, 2.75) is 0 Å². The van der Waals surface area contributed by atoms with Crippen molar-refractivity contribution in [2.75, 3.05) is 0 Å². The van der Waals surface area contributed by atoms with Crippen molar-refractivity contribution in [3.05, 3.63) is 108 Å². The van der Waals surface area contributed by atoms with Gasteiger partial charge in [-0.2, -0.15) is 0 Å². The fourth-order valence-electron chi connectivity index (χ4n) is 2.14. The Morgan fingerprint density at radius 2 is 1.44 bits per heavy atom. The van der Waals surface area contributed by atoms with E-state index in [1.807, 2.05) is 0 Å². The second-order valence-corrected chi connectivity index (χ2v) is 5.32. The van der Waals surface area contributed by atoms with E-state index < -0.39 is 17.9 Å². The number of esters is 3. The molecule has 27 heavy (non-hydrogen) atoms. The Morgan fingerprint density at radius 3 is 2.07 bits per heavy atom. The summed E-state index contributed by atoms with van der Waals surface area (Å²) in [5, 5.41) is 0. The Labute approximate surface area is 155 Å². The molecule has 0 bridgehead atoms. The largest absolute Gasteiger partial charge is 0.431 e. The monoisotopic (exact) mass is 362 g/mol. The first-order valence-electron chi connectivity index (χ1n) is 7.97. The standard InChI is InChI=1S/C21H14O6/c22-19(15-8-3-1-4-9-15)25-13-7-12-17-14-18(21(24)26-17)27-20(23)16-10-5-2-6-11-16/h1-14H/b13-7-,17-12-. The van der Waals surface area contributed by atoms with E-state index in [1.54, 1.807) is 60.7 Å². The number of allylic oxidation sites excluding steroid dienone is 3. The lowest BCUT2D eigenvalue weighted by Crippen LogP contribution is -2.09. The normalized spacial score (nSPS) is 14.7. The van der Waals surface area contributed by atoms with Crippen molar-refractivity contribution >= 4 is 17.9 Å². The summed E-state index contributed by atoms with van der Waals surface area (Å²) in [6.45, 7) is 0. The van der Waals surface area contributed by atoms with Gasteiger partial charge in [-0.15, -0.1) is 0 Å². The summed E-state index contributed by atoms with van der Waals surface area (Å²) in [6, 6.07) is 16.8. The van der Waals surface area contributed by atoms with E-state index in [9.17, 15) is 14.4 Å². The van der Waals surface area contributed by atoms with E-state index in [4.69, 9.17) is 14.2 Å². The van der Waals surface area contributed by atoms with Crippen LogP contribution in [0.1, 0.15) is 20.7 Å². The van der Waals surface area contributed by atoms with Gasteiger partial charge in [0, 0.05) is 6.08 Å². The number of benzene rings is 2. The average molecular weight is 362 g/mol. The Bertz CT molecular complexity index is 939. The zero-order valence-electron chi connectivity index (χ0n) is 14.0. The van der Waals surface area contributed by atoms with Crippen LogP contribution in [0.25, 0.3) is 0 Å². The molecule has 6 heteroatoms. The van der Waals surface area contributed by atoms with Gasteiger partial charge in [0.05, 0.1) is 17.4 Å². The Hall–Kier alpha value is -3.93. The molecule has 0 saturated heterocycles. The van der Waals surface area contributed by atoms with E-state index >= 15 is 0 Å². The number of hydrogen-bond acceptors (Lipinski definition) is 6. The molecule has 0 unspecified atom stereocenters. The molecule has 0 radical (unpaired) electrons. The summed E-state index contributed by atoms with van der Waals surface area (Å²) in [7, 11) is 0. The molecule has 0 fully saturated rings. The molecular formula is C21H14O6. The summed E-state index contributed by atoms with van der Waals surface area (Å²) in [6.07, 6.45) is 5.24. The molecular weight excluding hydrogens is 348 g/mol. The highest BCUT2D eigenvalue weighted by Gasteiger charge is 2.25. The first-order chi connectivity index (χ1) is 13.1. The number of rotatable bonds is 5. The van der Waals surface area contributed by atoms with Gasteiger partial charge in [-0.1, -0.05) is 36.4 Å². The van der Waals surface area contributed by atoms with Crippen LogP contribution >= 0.6 is 0 Å². The number of cyclic esters (lactones) is 1. The molecule has 3 rings (SSSR count). The van der Waals surface area contributed by atoms with Gasteiger partial charge in [-0.05, 0) is 36.4 Å². The molecule has 0 aromatic heterocycles. The minimum atomic E-state index is -0.778. The molecule has 6 nitrogen and oxygen atoms in total. The van der Waals surface area contributed by atoms with Gasteiger partial charge in [0.2, 0.25) is 5.76 Å². The van der Waals surface area contributed by atoms with Crippen LogP contribution in [0.15, 0.2) is 96.7 Å². The topological polar surface area (TPSA) is 78.9 Å². The summed E-state index contributed by atoms with van der Waals surface area (Å²) in [4.78, 5) is 35.5. The maximum Gasteiger partial charge on any atom is 0.379 e. The van der Waals surface area contributed by atoms with Crippen LogP contribution in [0.4, 0.5) is 0 Å². The lowest BCUT2D eigenvalue weighted by Gasteiger charge is -2.01. The third kappa shape index (κ3) is 4.79. The number of carbonyl (C=O) groups is 3. The number of carbonyl (C=O) groups excluding carboxylic acids is 3. The van der Waals surface area contributed by atoms with Gasteiger partial charge in [-0.3, -0.25) is 0 Å². The first kappa shape index (κ1) is 17.9. The van der Waals surface area contributed by atoms with Crippen molar-refractivity contribution in [1.82, 2.24) is 0 Å². The fraction of sp³-hybridized carbons (Fsp3) is 0. The van der Waals surface area contributed by atoms with Gasteiger partial charge in [0.1, 0.15) is 5.76 Å². The van der Waals surface area contributed by atoms with Crippen LogP contribution in [0, 0.1) is 0 Å². The maximum atomic E-state index is 12.0. The second kappa shape index (κ2) is 8.44. The SMILES string of the molecule is O=C1O/C(=C\C=C/OC(=O)c2ccccc2)C=C1OC(=O)c1ccccc1. The molecule has 1 aliphatic rings. The van der Waals surface area contributed by atoms with Gasteiger partial charge in [0.15, 0.2) is 0 Å². The van der Waals surface area contributed by atoms with Crippen LogP contribution in [0.3, 0.4) is 0 Å². The molecule has 0 spiro atoms. The Balaban J connectivity index is 1.58. The Morgan fingerprint density at radius 1 is 0.852 bits per heavy atom. The van der Waals surface area contributed by atoms with Gasteiger partial charge >= 0.3 is 17.9 Å². The van der Waals surface area contributed by atoms with Crippen LogP contribution < -0.4 is 0 Å². The molecule has 0 aliphatic carbocycles. The molecule has 0 saturated carbocycles. The van der Waals surface area contributed by atoms with Gasteiger partial charge in [-0.25, -0.2) is 14.4 Å². The molecule has 134 valence electrons. The van der Waals surface area contributed by atoms with E-state index in [2.05, 4.69) is 0 Å². The molecule has 2 aromatic rings. The van der Waals surface area contributed by atoms with Crippen LogP contribution in [0.5, 0.6) is 0 Å². The fourth-order valence-corrected chi connectivity index (χ4v) is 2.14. The lowest BCUT2D eigenvalue weighted by molar-refractivity contribution is -0.135.